The van der Waals surface area contributed by atoms with E-state index in [0.717, 1.165) is 4.88 Å². The molecule has 1 aromatic heterocycles. The maximum absolute atomic E-state index is 11.7. The maximum Gasteiger partial charge on any atom is 0.338 e. The molecule has 0 aliphatic heterocycles. The number of carbonyl (C=O) groups is 2. The number of rotatable bonds is 5. The Morgan fingerprint density at radius 3 is 2.81 bits per heavy atom. The van der Waals surface area contributed by atoms with Crippen LogP contribution in [0.15, 0.2) is 41.8 Å². The predicted octanol–water partition coefficient (Wildman–Crippen LogP) is 2.49. The van der Waals surface area contributed by atoms with Gasteiger partial charge in [-0.3, -0.25) is 4.79 Å². The summed E-state index contributed by atoms with van der Waals surface area (Å²) in [7, 11) is 0. The van der Waals surface area contributed by atoms with Gasteiger partial charge in [0.15, 0.2) is 6.61 Å². The summed E-state index contributed by atoms with van der Waals surface area (Å²) in [5.41, 5.74) is 0.203. The summed E-state index contributed by atoms with van der Waals surface area (Å²) in [6.45, 7) is 1.50. The van der Waals surface area contributed by atoms with Crippen molar-refractivity contribution in [2.75, 3.05) is 6.61 Å². The summed E-state index contributed by atoms with van der Waals surface area (Å²) in [6.07, 6.45) is 0. The van der Waals surface area contributed by atoms with Crippen molar-refractivity contribution in [2.24, 2.45) is 0 Å². The van der Waals surface area contributed by atoms with Gasteiger partial charge in [-0.15, -0.1) is 11.3 Å². The molecule has 0 bridgehead atoms. The number of amides is 1. The van der Waals surface area contributed by atoms with E-state index in [9.17, 15) is 14.7 Å². The molecule has 0 fully saturated rings. The minimum atomic E-state index is -0.648. The molecule has 0 saturated carbocycles. The maximum atomic E-state index is 11.7. The Bertz CT molecular complexity index is 624. The van der Waals surface area contributed by atoms with E-state index in [1.165, 1.54) is 24.3 Å². The summed E-state index contributed by atoms with van der Waals surface area (Å²) in [6, 6.07) is 9.48. The Balaban J connectivity index is 1.82. The number of carbonyl (C=O) groups excluding carboxylic acids is 2. The molecule has 0 aliphatic carbocycles. The van der Waals surface area contributed by atoms with Crippen LogP contribution in [0.25, 0.3) is 0 Å². The second-order valence-corrected chi connectivity index (χ2v) is 5.41. The Morgan fingerprint density at radius 2 is 2.14 bits per heavy atom. The summed E-state index contributed by atoms with van der Waals surface area (Å²) in [5.74, 6) is -1.05. The van der Waals surface area contributed by atoms with Crippen LogP contribution >= 0.6 is 11.3 Å². The number of benzene rings is 1. The van der Waals surface area contributed by atoms with E-state index in [1.54, 1.807) is 11.3 Å². The molecule has 6 heteroatoms. The molecule has 0 saturated heterocycles. The first-order valence-corrected chi connectivity index (χ1v) is 7.23. The lowest BCUT2D eigenvalue weighted by molar-refractivity contribution is -0.124. The smallest absolute Gasteiger partial charge is 0.338 e. The Morgan fingerprint density at radius 1 is 1.33 bits per heavy atom. The molecule has 2 aromatic rings. The summed E-state index contributed by atoms with van der Waals surface area (Å²) in [5, 5.41) is 14.0. The van der Waals surface area contributed by atoms with E-state index >= 15 is 0 Å². The molecule has 1 atom stereocenters. The van der Waals surface area contributed by atoms with Gasteiger partial charge in [0.1, 0.15) is 5.75 Å². The van der Waals surface area contributed by atoms with Gasteiger partial charge >= 0.3 is 5.97 Å². The van der Waals surface area contributed by atoms with Crippen LogP contribution in [-0.2, 0) is 9.53 Å². The number of esters is 1. The third-order valence-electron chi connectivity index (χ3n) is 2.76. The third kappa shape index (κ3) is 4.32. The van der Waals surface area contributed by atoms with E-state index in [2.05, 4.69) is 5.32 Å². The largest absolute Gasteiger partial charge is 0.508 e. The summed E-state index contributed by atoms with van der Waals surface area (Å²) in [4.78, 5) is 24.5. The Kier molecular flexibility index (Phi) is 4.94. The van der Waals surface area contributed by atoms with Crippen LogP contribution in [0, 0.1) is 0 Å². The first-order chi connectivity index (χ1) is 10.1. The molecule has 1 amide bonds. The molecule has 2 rings (SSSR count). The number of ether oxygens (including phenoxy) is 1. The fourth-order valence-electron chi connectivity index (χ4n) is 1.74. The van der Waals surface area contributed by atoms with E-state index in [4.69, 9.17) is 4.74 Å². The lowest BCUT2D eigenvalue weighted by Gasteiger charge is -2.12. The zero-order chi connectivity index (χ0) is 15.2. The average Bonchev–Trinajstić information content (AvgIpc) is 2.99. The van der Waals surface area contributed by atoms with Gasteiger partial charge in [-0.05, 0) is 36.6 Å². The monoisotopic (exact) mass is 305 g/mol. The summed E-state index contributed by atoms with van der Waals surface area (Å²) < 4.78 is 4.90. The van der Waals surface area contributed by atoms with Crippen molar-refractivity contribution in [1.29, 1.82) is 0 Å². The van der Waals surface area contributed by atoms with Crippen LogP contribution in [0.1, 0.15) is 28.2 Å². The molecule has 5 nitrogen and oxygen atoms in total. The topological polar surface area (TPSA) is 75.6 Å². The lowest BCUT2D eigenvalue weighted by Crippen LogP contribution is -2.30. The average molecular weight is 305 g/mol. The normalized spacial score (nSPS) is 11.7. The zero-order valence-electron chi connectivity index (χ0n) is 11.4. The Hall–Kier alpha value is -2.34. The number of thiophene rings is 1. The number of aromatic hydroxyl groups is 1. The molecule has 0 unspecified atom stereocenters. The lowest BCUT2D eigenvalue weighted by atomic mass is 10.2. The van der Waals surface area contributed by atoms with Crippen LogP contribution < -0.4 is 5.32 Å². The highest BCUT2D eigenvalue weighted by Crippen LogP contribution is 2.17. The molecule has 2 N–H and O–H groups in total. The van der Waals surface area contributed by atoms with Gasteiger partial charge < -0.3 is 15.2 Å². The highest BCUT2D eigenvalue weighted by atomic mass is 32.1. The SMILES string of the molecule is C[C@@H](NC(=O)COC(=O)c1cccc(O)c1)c1cccs1. The molecule has 110 valence electrons. The first-order valence-electron chi connectivity index (χ1n) is 6.35. The molecule has 21 heavy (non-hydrogen) atoms. The standard InChI is InChI=1S/C15H15NO4S/c1-10(13-6-3-7-21-13)16-14(18)9-20-15(19)11-4-2-5-12(17)8-11/h2-8,10,17H,9H2,1H3,(H,16,18)/t10-/m1/s1. The number of phenolic OH excluding ortho intramolecular Hbond substituents is 1. The van der Waals surface area contributed by atoms with Gasteiger partial charge in [-0.2, -0.15) is 0 Å². The van der Waals surface area contributed by atoms with Crippen molar-refractivity contribution < 1.29 is 19.4 Å². The van der Waals surface area contributed by atoms with Gasteiger partial charge in [0, 0.05) is 4.88 Å². The van der Waals surface area contributed by atoms with Gasteiger partial charge in [0.05, 0.1) is 11.6 Å². The minimum Gasteiger partial charge on any atom is -0.508 e. The van der Waals surface area contributed by atoms with Gasteiger partial charge in [0.2, 0.25) is 0 Å². The van der Waals surface area contributed by atoms with Crippen molar-refractivity contribution in [2.45, 2.75) is 13.0 Å². The van der Waals surface area contributed by atoms with Crippen LogP contribution in [-0.4, -0.2) is 23.6 Å². The zero-order valence-corrected chi connectivity index (χ0v) is 12.2. The van der Waals surface area contributed by atoms with E-state index < -0.39 is 5.97 Å². The van der Waals surface area contributed by atoms with Crippen LogP contribution in [0.3, 0.4) is 0 Å². The van der Waals surface area contributed by atoms with Crippen LogP contribution in [0.4, 0.5) is 0 Å². The van der Waals surface area contributed by atoms with Gasteiger partial charge in [0.25, 0.3) is 5.91 Å². The second kappa shape index (κ2) is 6.90. The minimum absolute atomic E-state index is 0.0276. The fourth-order valence-corrected chi connectivity index (χ4v) is 2.47. The molecule has 1 heterocycles. The van der Waals surface area contributed by atoms with Crippen molar-refractivity contribution >= 4 is 23.2 Å². The molecule has 0 radical (unpaired) electrons. The number of nitrogens with one attached hydrogen (secondary N) is 1. The van der Waals surface area contributed by atoms with E-state index in [0.29, 0.717) is 0 Å². The highest BCUT2D eigenvalue weighted by Gasteiger charge is 2.13. The molecule has 0 aliphatic rings. The van der Waals surface area contributed by atoms with E-state index in [1.807, 2.05) is 24.4 Å². The summed E-state index contributed by atoms with van der Waals surface area (Å²) >= 11 is 1.55. The number of hydrogen-bond acceptors (Lipinski definition) is 5. The van der Waals surface area contributed by atoms with Crippen molar-refractivity contribution in [1.82, 2.24) is 5.32 Å². The molecule has 0 spiro atoms. The van der Waals surface area contributed by atoms with Crippen LogP contribution in [0.5, 0.6) is 5.75 Å². The van der Waals surface area contributed by atoms with Crippen molar-refractivity contribution in [3.63, 3.8) is 0 Å². The number of phenols is 1. The van der Waals surface area contributed by atoms with Crippen LogP contribution in [0.2, 0.25) is 0 Å². The van der Waals surface area contributed by atoms with Crippen molar-refractivity contribution in [3.05, 3.63) is 52.2 Å². The molecule has 1 aromatic carbocycles. The predicted molar refractivity (Wildman–Crippen MR) is 79.3 cm³/mol. The second-order valence-electron chi connectivity index (χ2n) is 4.43. The first kappa shape index (κ1) is 15.1. The molecular weight excluding hydrogens is 290 g/mol. The highest BCUT2D eigenvalue weighted by molar-refractivity contribution is 7.10. The van der Waals surface area contributed by atoms with Crippen molar-refractivity contribution in [3.8, 4) is 5.75 Å². The quantitative estimate of drug-likeness (QED) is 0.832. The molecular formula is C15H15NO4S. The van der Waals surface area contributed by atoms with Gasteiger partial charge in [-0.25, -0.2) is 4.79 Å². The van der Waals surface area contributed by atoms with Gasteiger partial charge in [-0.1, -0.05) is 12.1 Å². The Labute approximate surface area is 126 Å². The fraction of sp³-hybridized carbons (Fsp3) is 0.200. The van der Waals surface area contributed by atoms with E-state index in [-0.39, 0.29) is 29.9 Å². The third-order valence-corrected chi connectivity index (χ3v) is 3.82. The number of hydrogen-bond donors (Lipinski definition) is 2.